The van der Waals surface area contributed by atoms with Crippen LogP contribution < -0.4 is 28.4 Å². The third-order valence-corrected chi connectivity index (χ3v) is 5.05. The van der Waals surface area contributed by atoms with Gasteiger partial charge in [0.15, 0.2) is 23.0 Å². The monoisotopic (exact) mass is 456 g/mol. The predicted molar refractivity (Wildman–Crippen MR) is 128 cm³/mol. The second kappa shape index (κ2) is 10.5. The molecule has 4 rings (SSSR count). The Kier molecular flexibility index (Phi) is 7.01. The van der Waals surface area contributed by atoms with Crippen LogP contribution >= 0.6 is 0 Å². The van der Waals surface area contributed by atoms with Crippen LogP contribution in [0.1, 0.15) is 22.3 Å². The van der Waals surface area contributed by atoms with Gasteiger partial charge in [-0.05, 0) is 48.5 Å². The Morgan fingerprint density at radius 1 is 0.559 bits per heavy atom. The van der Waals surface area contributed by atoms with Crippen molar-refractivity contribution >= 4 is 0 Å². The van der Waals surface area contributed by atoms with Crippen molar-refractivity contribution in [1.82, 2.24) is 0 Å². The van der Waals surface area contributed by atoms with Gasteiger partial charge >= 0.3 is 0 Å². The highest BCUT2D eigenvalue weighted by Crippen LogP contribution is 2.38. The minimum absolute atomic E-state index is 0.522. The van der Waals surface area contributed by atoms with Crippen LogP contribution in [0.25, 0.3) is 0 Å². The molecule has 0 saturated heterocycles. The minimum Gasteiger partial charge on any atom is -0.497 e. The molecule has 0 saturated carbocycles. The van der Waals surface area contributed by atoms with E-state index in [-0.39, 0.29) is 0 Å². The Morgan fingerprint density at radius 2 is 1.12 bits per heavy atom. The van der Waals surface area contributed by atoms with Crippen molar-refractivity contribution in [3.63, 3.8) is 0 Å². The molecule has 34 heavy (non-hydrogen) atoms. The summed E-state index contributed by atoms with van der Waals surface area (Å²) in [5.74, 6) is 16.4. The van der Waals surface area contributed by atoms with E-state index in [0.29, 0.717) is 42.0 Å². The van der Waals surface area contributed by atoms with E-state index in [9.17, 15) is 0 Å². The minimum atomic E-state index is 0.522. The Hall–Kier alpha value is -4.42. The van der Waals surface area contributed by atoms with E-state index in [0.717, 1.165) is 28.0 Å². The van der Waals surface area contributed by atoms with Gasteiger partial charge in [-0.25, -0.2) is 0 Å². The van der Waals surface area contributed by atoms with Gasteiger partial charge < -0.3 is 28.4 Å². The van der Waals surface area contributed by atoms with Crippen LogP contribution in [0.3, 0.4) is 0 Å². The summed E-state index contributed by atoms with van der Waals surface area (Å²) in [6, 6.07) is 14.9. The van der Waals surface area contributed by atoms with Gasteiger partial charge in [-0.2, -0.15) is 0 Å². The van der Waals surface area contributed by atoms with Gasteiger partial charge in [-0.3, -0.25) is 0 Å². The molecule has 0 amide bonds. The first-order valence-corrected chi connectivity index (χ1v) is 10.6. The van der Waals surface area contributed by atoms with E-state index in [1.807, 2.05) is 36.4 Å². The molecule has 0 fully saturated rings. The first-order chi connectivity index (χ1) is 16.6. The highest BCUT2D eigenvalue weighted by molar-refractivity contribution is 5.59. The maximum atomic E-state index is 5.64. The number of benzene rings is 3. The second-order valence-corrected chi connectivity index (χ2v) is 7.22. The molecule has 0 spiro atoms. The summed E-state index contributed by atoms with van der Waals surface area (Å²) < 4.78 is 32.8. The molecule has 0 radical (unpaired) electrons. The number of hydrogen-bond donors (Lipinski definition) is 0. The third-order valence-electron chi connectivity index (χ3n) is 5.05. The molecule has 0 unspecified atom stereocenters. The third kappa shape index (κ3) is 5.14. The number of methoxy groups -OCH3 is 4. The Balaban J connectivity index is 1.64. The lowest BCUT2D eigenvalue weighted by Crippen LogP contribution is -2.15. The SMILES string of the molecule is COc1cc(C#Cc2ccc3c(c2)OCCO3)cc(C#Cc2cc(OC)c(OC)c(OC)c2)c1. The normalized spacial score (nSPS) is 11.3. The van der Waals surface area contributed by atoms with Crippen molar-refractivity contribution in [2.45, 2.75) is 0 Å². The fourth-order valence-corrected chi connectivity index (χ4v) is 3.42. The van der Waals surface area contributed by atoms with Gasteiger partial charge in [0.2, 0.25) is 5.75 Å². The topological polar surface area (TPSA) is 55.4 Å². The van der Waals surface area contributed by atoms with Gasteiger partial charge in [0.05, 0.1) is 28.4 Å². The van der Waals surface area contributed by atoms with Crippen LogP contribution in [0.15, 0.2) is 48.5 Å². The van der Waals surface area contributed by atoms with E-state index in [1.54, 1.807) is 40.6 Å². The highest BCUT2D eigenvalue weighted by Gasteiger charge is 2.13. The molecule has 1 aliphatic rings. The van der Waals surface area contributed by atoms with E-state index < -0.39 is 0 Å². The summed E-state index contributed by atoms with van der Waals surface area (Å²) in [4.78, 5) is 0. The lowest BCUT2D eigenvalue weighted by molar-refractivity contribution is 0.171. The number of ether oxygens (including phenoxy) is 6. The molecule has 0 bridgehead atoms. The summed E-state index contributed by atoms with van der Waals surface area (Å²) in [5.41, 5.74) is 3.10. The average molecular weight is 456 g/mol. The molecule has 1 heterocycles. The number of fused-ring (bicyclic) bond motifs is 1. The van der Waals surface area contributed by atoms with Crippen molar-refractivity contribution in [2.75, 3.05) is 41.7 Å². The fraction of sp³-hybridized carbons (Fsp3) is 0.214. The second-order valence-electron chi connectivity index (χ2n) is 7.22. The quantitative estimate of drug-likeness (QED) is 0.546. The molecule has 6 heteroatoms. The van der Waals surface area contributed by atoms with E-state index >= 15 is 0 Å². The van der Waals surface area contributed by atoms with E-state index in [1.165, 1.54) is 0 Å². The standard InChI is InChI=1S/C28H24O6/c1-29-23-14-20(6-5-19-9-10-24-25(16-19)34-12-11-33-24)13-21(15-23)7-8-22-17-26(30-2)28(32-4)27(18-22)31-3/h9-10,13-18H,11-12H2,1-4H3. The lowest BCUT2D eigenvalue weighted by atomic mass is 10.1. The molecule has 3 aromatic carbocycles. The summed E-state index contributed by atoms with van der Waals surface area (Å²) in [6.07, 6.45) is 0. The summed E-state index contributed by atoms with van der Waals surface area (Å²) in [7, 11) is 6.33. The van der Waals surface area contributed by atoms with Gasteiger partial charge in [-0.15, -0.1) is 0 Å². The zero-order chi connectivity index (χ0) is 23.9. The molecular formula is C28H24O6. The summed E-state index contributed by atoms with van der Waals surface area (Å²) in [6.45, 7) is 1.09. The zero-order valence-corrected chi connectivity index (χ0v) is 19.5. The fourth-order valence-electron chi connectivity index (χ4n) is 3.42. The molecule has 0 aromatic heterocycles. The Labute approximate surface area is 199 Å². The molecule has 172 valence electrons. The zero-order valence-electron chi connectivity index (χ0n) is 19.5. The Morgan fingerprint density at radius 3 is 1.68 bits per heavy atom. The van der Waals surface area contributed by atoms with E-state index in [4.69, 9.17) is 28.4 Å². The molecule has 1 aliphatic heterocycles. The van der Waals surface area contributed by atoms with Gasteiger partial charge in [0, 0.05) is 22.3 Å². The largest absolute Gasteiger partial charge is 0.497 e. The molecule has 0 N–H and O–H groups in total. The van der Waals surface area contributed by atoms with Gasteiger partial charge in [0.1, 0.15) is 19.0 Å². The molecule has 6 nitrogen and oxygen atoms in total. The predicted octanol–water partition coefficient (Wildman–Crippen LogP) is 4.29. The van der Waals surface area contributed by atoms with Crippen LogP contribution in [0.5, 0.6) is 34.5 Å². The molecule has 3 aromatic rings. The lowest BCUT2D eigenvalue weighted by Gasteiger charge is -2.17. The van der Waals surface area contributed by atoms with E-state index in [2.05, 4.69) is 23.7 Å². The van der Waals surface area contributed by atoms with Crippen molar-refractivity contribution < 1.29 is 28.4 Å². The number of hydrogen-bond acceptors (Lipinski definition) is 6. The first kappa shape index (κ1) is 22.8. The average Bonchev–Trinajstić information content (AvgIpc) is 2.89. The smallest absolute Gasteiger partial charge is 0.203 e. The molecule has 0 aliphatic carbocycles. The van der Waals surface area contributed by atoms with Gasteiger partial charge in [0.25, 0.3) is 0 Å². The summed E-state index contributed by atoms with van der Waals surface area (Å²) in [5, 5.41) is 0. The summed E-state index contributed by atoms with van der Waals surface area (Å²) >= 11 is 0. The van der Waals surface area contributed by atoms with Crippen molar-refractivity contribution in [3.05, 3.63) is 70.8 Å². The molecule has 0 atom stereocenters. The van der Waals surface area contributed by atoms with Crippen LogP contribution in [0.4, 0.5) is 0 Å². The van der Waals surface area contributed by atoms with Crippen molar-refractivity contribution in [1.29, 1.82) is 0 Å². The maximum absolute atomic E-state index is 5.64. The Bertz CT molecular complexity index is 1300. The van der Waals surface area contributed by atoms with Crippen LogP contribution in [-0.2, 0) is 0 Å². The van der Waals surface area contributed by atoms with Crippen molar-refractivity contribution in [3.8, 4) is 58.2 Å². The van der Waals surface area contributed by atoms with Crippen LogP contribution in [-0.4, -0.2) is 41.7 Å². The van der Waals surface area contributed by atoms with Crippen LogP contribution in [0, 0.1) is 23.7 Å². The highest BCUT2D eigenvalue weighted by atomic mass is 16.6. The van der Waals surface area contributed by atoms with Crippen molar-refractivity contribution in [2.24, 2.45) is 0 Å². The van der Waals surface area contributed by atoms with Gasteiger partial charge in [-0.1, -0.05) is 23.7 Å². The molecular weight excluding hydrogens is 432 g/mol. The first-order valence-electron chi connectivity index (χ1n) is 10.6. The maximum Gasteiger partial charge on any atom is 0.203 e. The number of rotatable bonds is 4. The van der Waals surface area contributed by atoms with Crippen LogP contribution in [0.2, 0.25) is 0 Å².